The highest BCUT2D eigenvalue weighted by Gasteiger charge is 2.31. The summed E-state index contributed by atoms with van der Waals surface area (Å²) in [5.41, 5.74) is -0.232. The van der Waals surface area contributed by atoms with E-state index in [0.717, 1.165) is 25.7 Å². The molecule has 0 aromatic heterocycles. The van der Waals surface area contributed by atoms with Crippen LogP contribution in [0.2, 0.25) is 0 Å². The minimum absolute atomic E-state index is 0.282. The standard InChI is InChI=1S/C13H24O/c1-11(2)5-6-13(14)9-7-12(3,4)8-10-13/h7,9,11,14H,5-6,8,10H2,1-4H3. The number of hydrogen-bond acceptors (Lipinski definition) is 1. The van der Waals surface area contributed by atoms with Crippen molar-refractivity contribution in [3.8, 4) is 0 Å². The van der Waals surface area contributed by atoms with Gasteiger partial charge in [0.1, 0.15) is 0 Å². The Morgan fingerprint density at radius 1 is 1.21 bits per heavy atom. The number of rotatable bonds is 3. The van der Waals surface area contributed by atoms with Crippen LogP contribution in [0.25, 0.3) is 0 Å². The van der Waals surface area contributed by atoms with Crippen molar-refractivity contribution in [3.05, 3.63) is 12.2 Å². The number of hydrogen-bond donors (Lipinski definition) is 1. The maximum atomic E-state index is 10.3. The molecule has 0 saturated carbocycles. The molecule has 0 spiro atoms. The van der Waals surface area contributed by atoms with Crippen LogP contribution >= 0.6 is 0 Å². The molecule has 1 heteroatoms. The van der Waals surface area contributed by atoms with E-state index in [9.17, 15) is 5.11 Å². The van der Waals surface area contributed by atoms with Gasteiger partial charge in [-0.1, -0.05) is 39.8 Å². The van der Waals surface area contributed by atoms with Crippen LogP contribution in [0, 0.1) is 11.3 Å². The van der Waals surface area contributed by atoms with Gasteiger partial charge >= 0.3 is 0 Å². The fourth-order valence-corrected chi connectivity index (χ4v) is 1.83. The van der Waals surface area contributed by atoms with Crippen LogP contribution in [0.15, 0.2) is 12.2 Å². The van der Waals surface area contributed by atoms with E-state index in [2.05, 4.69) is 33.8 Å². The predicted molar refractivity (Wildman–Crippen MR) is 61.2 cm³/mol. The SMILES string of the molecule is CC(C)CCC1(O)C=CC(C)(C)CC1. The van der Waals surface area contributed by atoms with E-state index in [4.69, 9.17) is 0 Å². The van der Waals surface area contributed by atoms with Crippen LogP contribution in [0.3, 0.4) is 0 Å². The Labute approximate surface area is 88.2 Å². The third kappa shape index (κ3) is 3.45. The fraction of sp³-hybridized carbons (Fsp3) is 0.846. The first-order chi connectivity index (χ1) is 6.33. The second-order valence-corrected chi connectivity index (χ2v) is 5.86. The van der Waals surface area contributed by atoms with Gasteiger partial charge in [0.25, 0.3) is 0 Å². The summed E-state index contributed by atoms with van der Waals surface area (Å²) in [5.74, 6) is 0.683. The smallest absolute Gasteiger partial charge is 0.0828 e. The van der Waals surface area contributed by atoms with Crippen molar-refractivity contribution in [2.75, 3.05) is 0 Å². The van der Waals surface area contributed by atoms with Crippen LogP contribution in [0.4, 0.5) is 0 Å². The first kappa shape index (κ1) is 11.8. The van der Waals surface area contributed by atoms with Crippen molar-refractivity contribution in [1.29, 1.82) is 0 Å². The first-order valence-corrected chi connectivity index (χ1v) is 5.76. The van der Waals surface area contributed by atoms with E-state index < -0.39 is 5.60 Å². The molecule has 1 aliphatic carbocycles. The van der Waals surface area contributed by atoms with Gasteiger partial charge in [0, 0.05) is 0 Å². The Hall–Kier alpha value is -0.300. The average molecular weight is 196 g/mol. The lowest BCUT2D eigenvalue weighted by Crippen LogP contribution is -2.32. The largest absolute Gasteiger partial charge is 0.386 e. The molecule has 0 amide bonds. The van der Waals surface area contributed by atoms with Crippen LogP contribution < -0.4 is 0 Å². The lowest BCUT2D eigenvalue weighted by Gasteiger charge is -2.35. The molecule has 0 aromatic rings. The molecular formula is C13H24O. The van der Waals surface area contributed by atoms with Gasteiger partial charge < -0.3 is 5.11 Å². The minimum Gasteiger partial charge on any atom is -0.386 e. The monoisotopic (exact) mass is 196 g/mol. The van der Waals surface area contributed by atoms with Gasteiger partial charge in [-0.05, 0) is 37.0 Å². The summed E-state index contributed by atoms with van der Waals surface area (Å²) in [7, 11) is 0. The Morgan fingerprint density at radius 2 is 1.86 bits per heavy atom. The second-order valence-electron chi connectivity index (χ2n) is 5.86. The lowest BCUT2D eigenvalue weighted by molar-refractivity contribution is 0.0471. The summed E-state index contributed by atoms with van der Waals surface area (Å²) in [6.45, 7) is 8.87. The van der Waals surface area contributed by atoms with Gasteiger partial charge in [-0.15, -0.1) is 0 Å². The van der Waals surface area contributed by atoms with Gasteiger partial charge in [-0.2, -0.15) is 0 Å². The van der Waals surface area contributed by atoms with Crippen molar-refractivity contribution in [1.82, 2.24) is 0 Å². The lowest BCUT2D eigenvalue weighted by atomic mass is 9.75. The van der Waals surface area contributed by atoms with Crippen LogP contribution in [0.1, 0.15) is 53.4 Å². The van der Waals surface area contributed by atoms with Crippen molar-refractivity contribution >= 4 is 0 Å². The van der Waals surface area contributed by atoms with Crippen LogP contribution in [-0.4, -0.2) is 10.7 Å². The quantitative estimate of drug-likeness (QED) is 0.685. The third-order valence-corrected chi connectivity index (χ3v) is 3.20. The highest BCUT2D eigenvalue weighted by Crippen LogP contribution is 2.36. The van der Waals surface area contributed by atoms with Crippen molar-refractivity contribution in [2.45, 2.75) is 59.0 Å². The summed E-state index contributed by atoms with van der Waals surface area (Å²) in [5, 5.41) is 10.3. The zero-order valence-electron chi connectivity index (χ0n) is 10.0. The van der Waals surface area contributed by atoms with Crippen molar-refractivity contribution < 1.29 is 5.11 Å². The van der Waals surface area contributed by atoms with E-state index in [-0.39, 0.29) is 5.41 Å². The van der Waals surface area contributed by atoms with E-state index in [0.29, 0.717) is 5.92 Å². The number of allylic oxidation sites excluding steroid dienone is 1. The zero-order chi connectivity index (χ0) is 10.8. The minimum atomic E-state index is -0.514. The summed E-state index contributed by atoms with van der Waals surface area (Å²) in [4.78, 5) is 0. The third-order valence-electron chi connectivity index (χ3n) is 3.20. The molecular weight excluding hydrogens is 172 g/mol. The highest BCUT2D eigenvalue weighted by atomic mass is 16.3. The molecule has 0 aliphatic heterocycles. The van der Waals surface area contributed by atoms with Crippen molar-refractivity contribution in [2.24, 2.45) is 11.3 Å². The normalized spacial score (nSPS) is 31.0. The molecule has 1 unspecified atom stereocenters. The molecule has 0 aromatic carbocycles. The fourth-order valence-electron chi connectivity index (χ4n) is 1.83. The zero-order valence-corrected chi connectivity index (χ0v) is 10.0. The maximum absolute atomic E-state index is 10.3. The topological polar surface area (TPSA) is 20.2 Å². The summed E-state index contributed by atoms with van der Waals surface area (Å²) < 4.78 is 0. The van der Waals surface area contributed by atoms with Gasteiger partial charge in [0.2, 0.25) is 0 Å². The molecule has 1 nitrogen and oxygen atoms in total. The molecule has 0 heterocycles. The maximum Gasteiger partial charge on any atom is 0.0828 e. The Kier molecular flexibility index (Phi) is 3.41. The molecule has 0 saturated heterocycles. The molecule has 0 fully saturated rings. The van der Waals surface area contributed by atoms with E-state index in [1.807, 2.05) is 6.08 Å². The second kappa shape index (κ2) is 4.06. The van der Waals surface area contributed by atoms with E-state index >= 15 is 0 Å². The molecule has 0 radical (unpaired) electrons. The predicted octanol–water partition coefficient (Wildman–Crippen LogP) is 3.53. The average Bonchev–Trinajstić information content (AvgIpc) is 2.08. The highest BCUT2D eigenvalue weighted by molar-refractivity contribution is 5.10. The van der Waals surface area contributed by atoms with E-state index in [1.54, 1.807) is 0 Å². The summed E-state index contributed by atoms with van der Waals surface area (Å²) in [6, 6.07) is 0. The molecule has 1 rings (SSSR count). The number of aliphatic hydroxyl groups is 1. The van der Waals surface area contributed by atoms with Gasteiger partial charge in [0.15, 0.2) is 0 Å². The molecule has 1 atom stereocenters. The van der Waals surface area contributed by atoms with Gasteiger partial charge in [0.05, 0.1) is 5.60 Å². The summed E-state index contributed by atoms with van der Waals surface area (Å²) >= 11 is 0. The Bertz CT molecular complexity index is 215. The summed E-state index contributed by atoms with van der Waals surface area (Å²) in [6.07, 6.45) is 8.25. The molecule has 1 N–H and O–H groups in total. The first-order valence-electron chi connectivity index (χ1n) is 5.76. The van der Waals surface area contributed by atoms with E-state index in [1.165, 1.54) is 0 Å². The molecule has 14 heavy (non-hydrogen) atoms. The van der Waals surface area contributed by atoms with Crippen LogP contribution in [0.5, 0.6) is 0 Å². The molecule has 1 aliphatic rings. The van der Waals surface area contributed by atoms with Gasteiger partial charge in [-0.25, -0.2) is 0 Å². The Balaban J connectivity index is 2.52. The van der Waals surface area contributed by atoms with Crippen LogP contribution in [-0.2, 0) is 0 Å². The Morgan fingerprint density at radius 3 is 2.29 bits per heavy atom. The molecule has 0 bridgehead atoms. The molecule has 82 valence electrons. The van der Waals surface area contributed by atoms with Gasteiger partial charge in [-0.3, -0.25) is 0 Å². The van der Waals surface area contributed by atoms with Crippen molar-refractivity contribution in [3.63, 3.8) is 0 Å².